The number of benzene rings is 1. The second-order valence-electron chi connectivity index (χ2n) is 3.45. The van der Waals surface area contributed by atoms with E-state index in [4.69, 9.17) is 10.5 Å². The Hall–Kier alpha value is -2.10. The van der Waals surface area contributed by atoms with E-state index in [1.54, 1.807) is 0 Å². The number of nitrogens with two attached hydrogens (primary N) is 1. The summed E-state index contributed by atoms with van der Waals surface area (Å²) in [5.74, 6) is 0.365. The highest BCUT2D eigenvalue weighted by Crippen LogP contribution is 2.32. The summed E-state index contributed by atoms with van der Waals surface area (Å²) in [5, 5.41) is 7.92. The first-order chi connectivity index (χ1) is 7.74. The van der Waals surface area contributed by atoms with Crippen LogP contribution in [0.4, 0.5) is 5.69 Å². The summed E-state index contributed by atoms with van der Waals surface area (Å²) in [6.45, 7) is 1.88. The summed E-state index contributed by atoms with van der Waals surface area (Å²) in [5.41, 5.74) is 9.22. The van der Waals surface area contributed by atoms with E-state index in [2.05, 4.69) is 10.2 Å². The minimum Gasteiger partial charge on any atom is -0.478 e. The van der Waals surface area contributed by atoms with Crippen LogP contribution in [0.1, 0.15) is 5.69 Å². The van der Waals surface area contributed by atoms with Gasteiger partial charge in [0, 0.05) is 5.56 Å². The molecule has 1 heterocycles. The zero-order valence-corrected chi connectivity index (χ0v) is 9.27. The van der Waals surface area contributed by atoms with Crippen molar-refractivity contribution in [2.45, 2.75) is 6.92 Å². The van der Waals surface area contributed by atoms with Crippen molar-refractivity contribution in [1.82, 2.24) is 10.2 Å². The van der Waals surface area contributed by atoms with Crippen molar-refractivity contribution in [3.8, 4) is 17.0 Å². The fourth-order valence-electron chi connectivity index (χ4n) is 1.65. The largest absolute Gasteiger partial charge is 0.478 e. The van der Waals surface area contributed by atoms with Gasteiger partial charge in [-0.15, -0.1) is 5.10 Å². The average Bonchev–Trinajstić information content (AvgIpc) is 2.31. The molecule has 0 saturated carbocycles. The van der Waals surface area contributed by atoms with Gasteiger partial charge in [-0.2, -0.15) is 5.10 Å². The predicted octanol–water partition coefficient (Wildman–Crippen LogP) is 2.04. The van der Waals surface area contributed by atoms with Gasteiger partial charge in [0.15, 0.2) is 0 Å². The first kappa shape index (κ1) is 10.4. The highest BCUT2D eigenvalue weighted by atomic mass is 16.5. The van der Waals surface area contributed by atoms with Crippen LogP contribution in [-0.2, 0) is 0 Å². The van der Waals surface area contributed by atoms with Crippen LogP contribution in [0.3, 0.4) is 0 Å². The molecule has 0 atom stereocenters. The molecule has 0 aliphatic carbocycles. The van der Waals surface area contributed by atoms with Crippen LogP contribution < -0.4 is 10.5 Å². The fraction of sp³-hybridized carbons (Fsp3) is 0.167. The van der Waals surface area contributed by atoms with Crippen molar-refractivity contribution in [3.63, 3.8) is 0 Å². The van der Waals surface area contributed by atoms with E-state index in [1.807, 2.05) is 37.3 Å². The first-order valence-corrected chi connectivity index (χ1v) is 4.96. The van der Waals surface area contributed by atoms with Crippen LogP contribution in [0.15, 0.2) is 30.3 Å². The zero-order valence-electron chi connectivity index (χ0n) is 9.27. The second-order valence-corrected chi connectivity index (χ2v) is 3.45. The molecule has 0 saturated heterocycles. The molecule has 4 heteroatoms. The first-order valence-electron chi connectivity index (χ1n) is 4.96. The number of nitrogens with zero attached hydrogens (tertiary/aromatic N) is 2. The third-order valence-electron chi connectivity index (χ3n) is 2.41. The lowest BCUT2D eigenvalue weighted by Crippen LogP contribution is -2.02. The van der Waals surface area contributed by atoms with Crippen molar-refractivity contribution < 1.29 is 4.74 Å². The molecule has 0 radical (unpaired) electrons. The molecule has 0 bridgehead atoms. The molecule has 2 N–H and O–H groups in total. The number of ether oxygens (including phenoxy) is 1. The number of hydrogen-bond donors (Lipinski definition) is 1. The van der Waals surface area contributed by atoms with E-state index >= 15 is 0 Å². The molecule has 82 valence electrons. The minimum absolute atomic E-state index is 0.365. The second kappa shape index (κ2) is 4.18. The number of nitrogen functional groups attached to an aromatic ring is 1. The number of aromatic nitrogens is 2. The molecule has 0 aliphatic rings. The van der Waals surface area contributed by atoms with Crippen LogP contribution in [0, 0.1) is 6.92 Å². The van der Waals surface area contributed by atoms with Gasteiger partial charge in [0.05, 0.1) is 12.8 Å². The predicted molar refractivity (Wildman–Crippen MR) is 63.2 cm³/mol. The topological polar surface area (TPSA) is 61.0 Å². The molecule has 2 aromatic rings. The fourth-order valence-corrected chi connectivity index (χ4v) is 1.65. The van der Waals surface area contributed by atoms with Crippen LogP contribution in [0.2, 0.25) is 0 Å². The third-order valence-corrected chi connectivity index (χ3v) is 2.41. The lowest BCUT2D eigenvalue weighted by molar-refractivity contribution is 0.394. The lowest BCUT2D eigenvalue weighted by atomic mass is 10.0. The van der Waals surface area contributed by atoms with Crippen molar-refractivity contribution in [1.29, 1.82) is 0 Å². The monoisotopic (exact) mass is 215 g/mol. The molecule has 4 nitrogen and oxygen atoms in total. The highest BCUT2D eigenvalue weighted by molar-refractivity contribution is 5.80. The Balaban J connectivity index is 2.64. The molecule has 1 aromatic carbocycles. The molecule has 16 heavy (non-hydrogen) atoms. The molecule has 1 aromatic heterocycles. The van der Waals surface area contributed by atoms with Gasteiger partial charge in [0.2, 0.25) is 0 Å². The summed E-state index contributed by atoms with van der Waals surface area (Å²) in [4.78, 5) is 0. The van der Waals surface area contributed by atoms with E-state index < -0.39 is 0 Å². The van der Waals surface area contributed by atoms with Crippen LogP contribution in [0.5, 0.6) is 5.88 Å². The maximum absolute atomic E-state index is 6.00. The van der Waals surface area contributed by atoms with Crippen LogP contribution >= 0.6 is 0 Å². The maximum atomic E-state index is 6.00. The molecular weight excluding hydrogens is 202 g/mol. The Morgan fingerprint density at radius 2 is 1.81 bits per heavy atom. The minimum atomic E-state index is 0.365. The van der Waals surface area contributed by atoms with Gasteiger partial charge in [-0.3, -0.25) is 0 Å². The van der Waals surface area contributed by atoms with Gasteiger partial charge in [0.1, 0.15) is 5.69 Å². The maximum Gasteiger partial charge on any atom is 0.257 e. The van der Waals surface area contributed by atoms with Gasteiger partial charge >= 0.3 is 0 Å². The van der Waals surface area contributed by atoms with Gasteiger partial charge in [-0.25, -0.2) is 0 Å². The van der Waals surface area contributed by atoms with E-state index in [9.17, 15) is 0 Å². The van der Waals surface area contributed by atoms with Gasteiger partial charge in [-0.1, -0.05) is 30.3 Å². The molecule has 0 unspecified atom stereocenters. The van der Waals surface area contributed by atoms with Crippen molar-refractivity contribution in [3.05, 3.63) is 36.0 Å². The van der Waals surface area contributed by atoms with Crippen molar-refractivity contribution in [2.75, 3.05) is 12.8 Å². The summed E-state index contributed by atoms with van der Waals surface area (Å²) < 4.78 is 5.06. The third kappa shape index (κ3) is 1.69. The summed E-state index contributed by atoms with van der Waals surface area (Å²) in [7, 11) is 1.53. The van der Waals surface area contributed by atoms with Crippen LogP contribution in [0.25, 0.3) is 11.1 Å². The zero-order chi connectivity index (χ0) is 11.5. The Morgan fingerprint density at radius 3 is 2.44 bits per heavy atom. The number of methoxy groups -OCH3 is 1. The van der Waals surface area contributed by atoms with Gasteiger partial charge in [0.25, 0.3) is 5.88 Å². The summed E-state index contributed by atoms with van der Waals surface area (Å²) >= 11 is 0. The molecule has 0 amide bonds. The molecule has 2 rings (SSSR count). The van der Waals surface area contributed by atoms with E-state index in [-0.39, 0.29) is 0 Å². The molecule has 0 spiro atoms. The Morgan fingerprint density at radius 1 is 1.12 bits per heavy atom. The Bertz CT molecular complexity index is 497. The lowest BCUT2D eigenvalue weighted by Gasteiger charge is -2.10. The van der Waals surface area contributed by atoms with E-state index in [0.717, 1.165) is 16.8 Å². The van der Waals surface area contributed by atoms with E-state index in [1.165, 1.54) is 7.11 Å². The molecular formula is C12H13N3O. The summed E-state index contributed by atoms with van der Waals surface area (Å²) in [6.07, 6.45) is 0. The molecule has 0 aliphatic heterocycles. The van der Waals surface area contributed by atoms with Crippen LogP contribution in [-0.4, -0.2) is 17.3 Å². The number of rotatable bonds is 2. The summed E-state index contributed by atoms with van der Waals surface area (Å²) in [6, 6.07) is 9.85. The van der Waals surface area contributed by atoms with Crippen molar-refractivity contribution >= 4 is 5.69 Å². The Kier molecular flexibility index (Phi) is 2.72. The average molecular weight is 215 g/mol. The number of aryl methyl sites for hydroxylation is 1. The quantitative estimate of drug-likeness (QED) is 0.832. The molecule has 0 fully saturated rings. The van der Waals surface area contributed by atoms with Gasteiger partial charge < -0.3 is 10.5 Å². The highest BCUT2D eigenvalue weighted by Gasteiger charge is 2.13. The standard InChI is InChI=1S/C12H13N3O/c1-8-10(9-6-4-3-5-7-9)11(13)12(16-2)15-14-8/h3-7H,1-2H3,(H2,13,14). The number of anilines is 1. The SMILES string of the molecule is COc1nnc(C)c(-c2ccccc2)c1N. The van der Waals surface area contributed by atoms with Crippen molar-refractivity contribution in [2.24, 2.45) is 0 Å². The smallest absolute Gasteiger partial charge is 0.257 e. The van der Waals surface area contributed by atoms with E-state index in [0.29, 0.717) is 11.6 Å². The van der Waals surface area contributed by atoms with Gasteiger partial charge in [-0.05, 0) is 12.5 Å². The normalized spacial score (nSPS) is 10.1. The Labute approximate surface area is 94.1 Å². The number of hydrogen-bond acceptors (Lipinski definition) is 4.